The Labute approximate surface area is 107 Å². The highest BCUT2D eigenvalue weighted by Crippen LogP contribution is 2.21. The Morgan fingerprint density at radius 2 is 2.17 bits per heavy atom. The van der Waals surface area contributed by atoms with Gasteiger partial charge in [-0.25, -0.2) is 4.79 Å². The first kappa shape index (κ1) is 13.8. The molecule has 0 atom stereocenters. The standard InChI is InChI=1S/C13H17N3O2/c1-13(2,3)18-12(17)9-4-5-10(15)11(8-9)16-7-6-14/h4-5,8,16H,7,15H2,1-3H3. The van der Waals surface area contributed by atoms with Crippen molar-refractivity contribution in [3.63, 3.8) is 0 Å². The third-order valence-electron chi connectivity index (χ3n) is 2.05. The van der Waals surface area contributed by atoms with Gasteiger partial charge >= 0.3 is 5.97 Å². The van der Waals surface area contributed by atoms with Gasteiger partial charge in [-0.15, -0.1) is 0 Å². The van der Waals surface area contributed by atoms with E-state index in [0.29, 0.717) is 16.9 Å². The van der Waals surface area contributed by atoms with Crippen LogP contribution in [0.5, 0.6) is 0 Å². The Kier molecular flexibility index (Phi) is 4.16. The van der Waals surface area contributed by atoms with Gasteiger partial charge in [0.1, 0.15) is 12.1 Å². The number of benzene rings is 1. The zero-order valence-corrected chi connectivity index (χ0v) is 10.8. The number of rotatable bonds is 3. The molecule has 0 spiro atoms. The molecule has 0 heterocycles. The van der Waals surface area contributed by atoms with E-state index in [1.54, 1.807) is 39.0 Å². The fraction of sp³-hybridized carbons (Fsp3) is 0.385. The highest BCUT2D eigenvalue weighted by Gasteiger charge is 2.18. The number of nitrogen functional groups attached to an aromatic ring is 1. The summed E-state index contributed by atoms with van der Waals surface area (Å²) in [5.74, 6) is -0.414. The molecule has 0 radical (unpaired) electrons. The number of hydrogen-bond donors (Lipinski definition) is 2. The monoisotopic (exact) mass is 247 g/mol. The molecule has 0 aromatic heterocycles. The minimum absolute atomic E-state index is 0.127. The predicted molar refractivity (Wildman–Crippen MR) is 70.1 cm³/mol. The van der Waals surface area contributed by atoms with E-state index in [1.807, 2.05) is 6.07 Å². The zero-order valence-electron chi connectivity index (χ0n) is 10.8. The molecule has 5 nitrogen and oxygen atoms in total. The van der Waals surface area contributed by atoms with Crippen LogP contribution in [0.2, 0.25) is 0 Å². The number of ether oxygens (including phenoxy) is 1. The third kappa shape index (κ3) is 3.98. The molecule has 1 rings (SSSR count). The van der Waals surface area contributed by atoms with Crippen LogP contribution in [0, 0.1) is 11.3 Å². The summed E-state index contributed by atoms with van der Waals surface area (Å²) in [4.78, 5) is 11.8. The maximum absolute atomic E-state index is 11.8. The van der Waals surface area contributed by atoms with Gasteiger partial charge in [0.25, 0.3) is 0 Å². The maximum atomic E-state index is 11.8. The zero-order chi connectivity index (χ0) is 13.8. The lowest BCUT2D eigenvalue weighted by Gasteiger charge is -2.19. The van der Waals surface area contributed by atoms with E-state index in [4.69, 9.17) is 15.7 Å². The number of hydrogen-bond acceptors (Lipinski definition) is 5. The average molecular weight is 247 g/mol. The van der Waals surface area contributed by atoms with Gasteiger partial charge in [0.15, 0.2) is 0 Å². The van der Waals surface area contributed by atoms with Gasteiger partial charge in [0.05, 0.1) is 23.0 Å². The Hall–Kier alpha value is -2.22. The first-order chi connectivity index (χ1) is 8.33. The Bertz CT molecular complexity index is 484. The van der Waals surface area contributed by atoms with Crippen LogP contribution in [-0.2, 0) is 4.74 Å². The molecular formula is C13H17N3O2. The summed E-state index contributed by atoms with van der Waals surface area (Å²) >= 11 is 0. The second-order valence-electron chi connectivity index (χ2n) is 4.82. The van der Waals surface area contributed by atoms with Crippen molar-refractivity contribution >= 4 is 17.3 Å². The Morgan fingerprint density at radius 3 is 2.72 bits per heavy atom. The van der Waals surface area contributed by atoms with Crippen molar-refractivity contribution in [2.45, 2.75) is 26.4 Å². The highest BCUT2D eigenvalue weighted by atomic mass is 16.6. The van der Waals surface area contributed by atoms with Crippen LogP contribution in [0.15, 0.2) is 18.2 Å². The second kappa shape index (κ2) is 5.41. The van der Waals surface area contributed by atoms with Crippen molar-refractivity contribution in [1.29, 1.82) is 5.26 Å². The van der Waals surface area contributed by atoms with E-state index in [-0.39, 0.29) is 6.54 Å². The summed E-state index contributed by atoms with van der Waals surface area (Å²) < 4.78 is 5.25. The molecule has 0 aliphatic carbocycles. The molecule has 0 bridgehead atoms. The van der Waals surface area contributed by atoms with Gasteiger partial charge in [-0.2, -0.15) is 5.26 Å². The fourth-order valence-electron chi connectivity index (χ4n) is 1.31. The van der Waals surface area contributed by atoms with Crippen molar-refractivity contribution in [3.8, 4) is 6.07 Å². The smallest absolute Gasteiger partial charge is 0.338 e. The van der Waals surface area contributed by atoms with E-state index in [2.05, 4.69) is 5.32 Å². The minimum Gasteiger partial charge on any atom is -0.456 e. The summed E-state index contributed by atoms with van der Waals surface area (Å²) in [6.07, 6.45) is 0. The van der Waals surface area contributed by atoms with Crippen LogP contribution in [0.3, 0.4) is 0 Å². The highest BCUT2D eigenvalue weighted by molar-refractivity contribution is 5.92. The summed E-state index contributed by atoms with van der Waals surface area (Å²) in [5, 5.41) is 11.3. The van der Waals surface area contributed by atoms with Crippen molar-refractivity contribution in [1.82, 2.24) is 0 Å². The van der Waals surface area contributed by atoms with Crippen LogP contribution < -0.4 is 11.1 Å². The van der Waals surface area contributed by atoms with Gasteiger partial charge in [0, 0.05) is 0 Å². The molecule has 0 saturated heterocycles. The summed E-state index contributed by atoms with van der Waals surface area (Å²) in [5.41, 5.74) is 6.63. The summed E-state index contributed by atoms with van der Waals surface area (Å²) in [6.45, 7) is 5.53. The number of nitriles is 1. The van der Waals surface area contributed by atoms with E-state index >= 15 is 0 Å². The molecule has 5 heteroatoms. The molecule has 0 aliphatic rings. The lowest BCUT2D eigenvalue weighted by atomic mass is 10.1. The number of carbonyl (C=O) groups excluding carboxylic acids is 1. The molecule has 96 valence electrons. The second-order valence-corrected chi connectivity index (χ2v) is 4.82. The van der Waals surface area contributed by atoms with Crippen molar-refractivity contribution in [2.24, 2.45) is 0 Å². The summed E-state index contributed by atoms with van der Waals surface area (Å²) in [6, 6.07) is 6.74. The fourth-order valence-corrected chi connectivity index (χ4v) is 1.31. The van der Waals surface area contributed by atoms with Gasteiger partial charge in [-0.1, -0.05) is 0 Å². The van der Waals surface area contributed by atoms with E-state index in [1.165, 1.54) is 0 Å². The van der Waals surface area contributed by atoms with Gasteiger partial charge < -0.3 is 15.8 Å². The Morgan fingerprint density at radius 1 is 1.50 bits per heavy atom. The molecule has 1 aromatic carbocycles. The molecule has 18 heavy (non-hydrogen) atoms. The van der Waals surface area contributed by atoms with Crippen LogP contribution >= 0.6 is 0 Å². The average Bonchev–Trinajstić information content (AvgIpc) is 2.25. The van der Waals surface area contributed by atoms with Crippen LogP contribution in [0.1, 0.15) is 31.1 Å². The van der Waals surface area contributed by atoms with Gasteiger partial charge in [-0.05, 0) is 39.0 Å². The molecule has 0 saturated carbocycles. The molecule has 0 fully saturated rings. The van der Waals surface area contributed by atoms with Crippen molar-refractivity contribution < 1.29 is 9.53 Å². The number of nitrogens with two attached hydrogens (primary N) is 1. The number of nitrogens with zero attached hydrogens (tertiary/aromatic N) is 1. The van der Waals surface area contributed by atoms with E-state index in [9.17, 15) is 4.79 Å². The minimum atomic E-state index is -0.543. The van der Waals surface area contributed by atoms with Gasteiger partial charge in [0.2, 0.25) is 0 Å². The van der Waals surface area contributed by atoms with Crippen LogP contribution in [0.4, 0.5) is 11.4 Å². The van der Waals surface area contributed by atoms with E-state index < -0.39 is 11.6 Å². The third-order valence-corrected chi connectivity index (χ3v) is 2.05. The quantitative estimate of drug-likeness (QED) is 0.485. The molecule has 0 amide bonds. The lowest BCUT2D eigenvalue weighted by Crippen LogP contribution is -2.24. The van der Waals surface area contributed by atoms with Gasteiger partial charge in [-0.3, -0.25) is 0 Å². The molecule has 0 unspecified atom stereocenters. The maximum Gasteiger partial charge on any atom is 0.338 e. The number of esters is 1. The SMILES string of the molecule is CC(C)(C)OC(=O)c1ccc(N)c(NCC#N)c1. The first-order valence-corrected chi connectivity index (χ1v) is 5.57. The predicted octanol–water partition coefficient (Wildman–Crippen LogP) is 2.16. The molecule has 1 aromatic rings. The molecule has 3 N–H and O–H groups in total. The lowest BCUT2D eigenvalue weighted by molar-refractivity contribution is 0.00696. The van der Waals surface area contributed by atoms with Crippen molar-refractivity contribution in [2.75, 3.05) is 17.6 Å². The topological polar surface area (TPSA) is 88.1 Å². The Balaban J connectivity index is 2.91. The van der Waals surface area contributed by atoms with Crippen molar-refractivity contribution in [3.05, 3.63) is 23.8 Å². The number of carbonyl (C=O) groups is 1. The summed E-state index contributed by atoms with van der Waals surface area (Å²) in [7, 11) is 0. The number of nitrogens with one attached hydrogen (secondary N) is 1. The number of anilines is 2. The molecular weight excluding hydrogens is 230 g/mol. The first-order valence-electron chi connectivity index (χ1n) is 5.57. The van der Waals surface area contributed by atoms with Crippen LogP contribution in [-0.4, -0.2) is 18.1 Å². The molecule has 0 aliphatic heterocycles. The normalized spacial score (nSPS) is 10.6. The van der Waals surface area contributed by atoms with Crippen LogP contribution in [0.25, 0.3) is 0 Å². The van der Waals surface area contributed by atoms with E-state index in [0.717, 1.165) is 0 Å². The largest absolute Gasteiger partial charge is 0.456 e.